The Morgan fingerprint density at radius 2 is 1.57 bits per heavy atom. The van der Waals surface area contributed by atoms with E-state index in [1.54, 1.807) is 59.9 Å². The number of benzene rings is 3. The lowest BCUT2D eigenvalue weighted by Crippen LogP contribution is -2.58. The summed E-state index contributed by atoms with van der Waals surface area (Å²) in [5.41, 5.74) is 6.99. The van der Waals surface area contributed by atoms with Gasteiger partial charge in [0.15, 0.2) is 15.7 Å². The average molecular weight is 1140 g/mol. The molecule has 79 heavy (non-hydrogen) atoms. The summed E-state index contributed by atoms with van der Waals surface area (Å²) in [6.45, 7) is 19.0. The van der Waals surface area contributed by atoms with E-state index < -0.39 is 56.4 Å². The molecule has 2 saturated heterocycles. The molecule has 4 heterocycles. The average Bonchev–Trinajstić information content (AvgIpc) is 4.04. The van der Waals surface area contributed by atoms with E-state index in [0.717, 1.165) is 45.7 Å². The van der Waals surface area contributed by atoms with Crippen molar-refractivity contribution in [3.05, 3.63) is 99.8 Å². The fourth-order valence-corrected chi connectivity index (χ4v) is 11.8. The van der Waals surface area contributed by atoms with Crippen molar-refractivity contribution >= 4 is 79.5 Å². The number of piperidine rings is 1. The number of nitrogens with zero attached hydrogens (tertiary/aromatic N) is 5. The monoisotopic (exact) mass is 1140 g/mol. The molecule has 0 bridgehead atoms. The molecule has 0 spiro atoms. The molecule has 2 aromatic heterocycles. The van der Waals surface area contributed by atoms with Crippen LogP contribution in [0.3, 0.4) is 0 Å². The van der Waals surface area contributed by atoms with Crippen molar-refractivity contribution in [2.45, 2.75) is 135 Å². The van der Waals surface area contributed by atoms with Crippen LogP contribution in [0.5, 0.6) is 5.75 Å². The fourth-order valence-electron chi connectivity index (χ4n) is 9.62. The molecule has 22 heteroatoms. The number of anilines is 4. The van der Waals surface area contributed by atoms with Gasteiger partial charge in [-0.1, -0.05) is 68.8 Å². The number of rotatable bonds is 22. The highest BCUT2D eigenvalue weighted by molar-refractivity contribution is 7.92. The zero-order valence-electron chi connectivity index (χ0n) is 46.6. The molecule has 2 aliphatic rings. The molecule has 0 saturated carbocycles. The minimum absolute atomic E-state index is 0.0236. The second kappa shape index (κ2) is 26.4. The van der Waals surface area contributed by atoms with Crippen LogP contribution in [0.15, 0.2) is 77.3 Å². The van der Waals surface area contributed by atoms with Crippen LogP contribution in [0.25, 0.3) is 10.4 Å². The molecule has 19 nitrogen and oxygen atoms in total. The maximum atomic E-state index is 14.1. The lowest BCUT2D eigenvalue weighted by molar-refractivity contribution is -0.145. The number of β-amino-alcohol motifs (C(OH)–C–C–N with tert-alkyl or cyclic N) is 1. The number of carbonyl (C=O) groups excluding carboxylic acids is 4. The van der Waals surface area contributed by atoms with Crippen molar-refractivity contribution in [2.75, 3.05) is 56.7 Å². The Bertz CT molecular complexity index is 3070. The van der Waals surface area contributed by atoms with Gasteiger partial charge in [0.05, 0.1) is 75.3 Å². The Morgan fingerprint density at radius 3 is 2.22 bits per heavy atom. The second-order valence-corrected chi connectivity index (χ2v) is 25.5. The predicted octanol–water partition coefficient (Wildman–Crippen LogP) is 8.44. The number of ether oxygens (including phenoxy) is 3. The minimum atomic E-state index is -3.61. The van der Waals surface area contributed by atoms with Gasteiger partial charge in [0.25, 0.3) is 0 Å². The first kappa shape index (κ1) is 60.4. The number of nitrogens with one attached hydrogen (secondary N) is 4. The highest BCUT2D eigenvalue weighted by Gasteiger charge is 2.45. The van der Waals surface area contributed by atoms with Crippen LogP contribution in [0.2, 0.25) is 5.02 Å². The third-order valence-corrected chi connectivity index (χ3v) is 17.4. The van der Waals surface area contributed by atoms with Gasteiger partial charge >= 0.3 is 0 Å². The molecule has 5 aromatic rings. The number of para-hydroxylation sites is 1. The van der Waals surface area contributed by atoms with Gasteiger partial charge in [-0.2, -0.15) is 4.98 Å². The van der Waals surface area contributed by atoms with Gasteiger partial charge in [-0.05, 0) is 119 Å². The van der Waals surface area contributed by atoms with E-state index in [0.29, 0.717) is 30.2 Å². The fraction of sp³-hybridized carbons (Fsp3) is 0.491. The molecule has 426 valence electrons. The maximum absolute atomic E-state index is 14.1. The van der Waals surface area contributed by atoms with Crippen LogP contribution in [-0.4, -0.2) is 138 Å². The summed E-state index contributed by atoms with van der Waals surface area (Å²) in [6, 6.07) is 16.1. The summed E-state index contributed by atoms with van der Waals surface area (Å²) in [7, 11) is -3.61. The number of aliphatic hydroxyl groups is 1. The van der Waals surface area contributed by atoms with E-state index in [2.05, 4.69) is 36.2 Å². The van der Waals surface area contributed by atoms with Gasteiger partial charge in [0.2, 0.25) is 29.6 Å². The molecular formula is C57H74ClN9O10S2. The first-order valence-corrected chi connectivity index (χ1v) is 29.4. The smallest absolute Gasteiger partial charge is 0.248 e. The lowest BCUT2D eigenvalue weighted by Gasteiger charge is -2.35. The van der Waals surface area contributed by atoms with E-state index in [9.17, 15) is 32.7 Å². The van der Waals surface area contributed by atoms with Crippen molar-refractivity contribution in [3.63, 3.8) is 0 Å². The number of aromatic nitrogens is 3. The molecule has 4 atom stereocenters. The van der Waals surface area contributed by atoms with Crippen molar-refractivity contribution in [1.29, 1.82) is 0 Å². The SMILES string of the molecule is Cc1cc(Nc2ncc(Cl)c(Nc3ccccc3S(=O)(=O)C(C)C)n2)c(OC(C)C)cc1C1CCN(C(=O)COCCOCC(=O)N[C@H](C(=O)N2C[C@H](O)C[C@H]2C(=O)N[C@@H](C)c2ccc(-c3scnc3C)cc2)C(C)(C)C)CC1. The van der Waals surface area contributed by atoms with Crippen LogP contribution in [0, 0.1) is 19.3 Å². The highest BCUT2D eigenvalue weighted by Crippen LogP contribution is 2.39. The number of aryl methyl sites for hydroxylation is 2. The van der Waals surface area contributed by atoms with Crippen molar-refractivity contribution < 1.29 is 46.9 Å². The Kier molecular flexibility index (Phi) is 20.2. The number of halogens is 1. The first-order valence-electron chi connectivity index (χ1n) is 26.6. The summed E-state index contributed by atoms with van der Waals surface area (Å²) in [5, 5.41) is 22.4. The number of hydrogen-bond donors (Lipinski definition) is 5. The standard InChI is InChI=1S/C57H74ClN9O10S2/c1-33(2)77-47-27-42(35(5)25-45(47)63-56-59-28-43(58)53(65-56)62-44-13-11-12-14-48(44)79(73,74)34(3)4)39-19-21-66(22-20-39)50(70)31-76-24-23-75-30-49(69)64-52(57(8,9)10)55(72)67-29-41(68)26-46(67)54(71)61-36(6)38-15-17-40(18-16-38)51-37(7)60-32-78-51/h11-18,25,27-28,32-34,36,39,41,46,52,68H,19-24,26,29-31H2,1-10H3,(H,61,71)(H,64,69)(H2,59,62,63,65)/t36-,41+,46-,52+/m0/s1. The Morgan fingerprint density at radius 1 is 0.886 bits per heavy atom. The Hall–Kier alpha value is -6.23. The molecule has 2 fully saturated rings. The molecule has 4 amide bonds. The largest absolute Gasteiger partial charge is 0.489 e. The molecule has 3 aromatic carbocycles. The van der Waals surface area contributed by atoms with Gasteiger partial charge in [0, 0.05) is 26.1 Å². The molecule has 0 unspecified atom stereocenters. The van der Waals surface area contributed by atoms with Gasteiger partial charge < -0.3 is 50.4 Å². The summed E-state index contributed by atoms with van der Waals surface area (Å²) < 4.78 is 43.8. The van der Waals surface area contributed by atoms with E-state index in [4.69, 9.17) is 25.8 Å². The van der Waals surface area contributed by atoms with Crippen LogP contribution >= 0.6 is 22.9 Å². The number of aliphatic hydroxyl groups excluding tert-OH is 1. The minimum Gasteiger partial charge on any atom is -0.489 e. The lowest BCUT2D eigenvalue weighted by atomic mass is 9.85. The van der Waals surface area contributed by atoms with Crippen molar-refractivity contribution in [2.24, 2.45) is 5.41 Å². The van der Waals surface area contributed by atoms with Gasteiger partial charge in [0.1, 0.15) is 36.1 Å². The number of amides is 4. The summed E-state index contributed by atoms with van der Waals surface area (Å²) in [4.78, 5) is 72.0. The van der Waals surface area contributed by atoms with E-state index >= 15 is 0 Å². The third-order valence-electron chi connectivity index (χ3n) is 14.0. The van der Waals surface area contributed by atoms with Crippen LogP contribution in [0.1, 0.15) is 109 Å². The summed E-state index contributed by atoms with van der Waals surface area (Å²) in [5.74, 6) is -0.399. The zero-order valence-corrected chi connectivity index (χ0v) is 49.0. The Labute approximate surface area is 472 Å². The highest BCUT2D eigenvalue weighted by atomic mass is 35.5. The van der Waals surface area contributed by atoms with Crippen LogP contribution in [0.4, 0.5) is 23.1 Å². The maximum Gasteiger partial charge on any atom is 0.248 e. The van der Waals surface area contributed by atoms with Gasteiger partial charge in [-0.25, -0.2) is 18.4 Å². The number of carbonyl (C=O) groups is 4. The van der Waals surface area contributed by atoms with Gasteiger partial charge in [-0.3, -0.25) is 19.2 Å². The summed E-state index contributed by atoms with van der Waals surface area (Å²) in [6.07, 6.45) is 1.86. The number of hydrogen-bond acceptors (Lipinski definition) is 16. The van der Waals surface area contributed by atoms with E-state index in [1.807, 2.05) is 91.8 Å². The van der Waals surface area contributed by atoms with Crippen LogP contribution in [-0.2, 0) is 38.5 Å². The first-order chi connectivity index (χ1) is 37.4. The van der Waals surface area contributed by atoms with Crippen molar-refractivity contribution in [3.8, 4) is 16.2 Å². The van der Waals surface area contributed by atoms with Gasteiger partial charge in [-0.15, -0.1) is 11.3 Å². The normalized spacial score (nSPS) is 16.9. The number of likely N-dealkylation sites (tertiary alicyclic amines) is 2. The second-order valence-electron chi connectivity index (χ2n) is 21.7. The van der Waals surface area contributed by atoms with Crippen molar-refractivity contribution in [1.82, 2.24) is 35.4 Å². The van der Waals surface area contributed by atoms with Crippen LogP contribution < -0.4 is 26.0 Å². The molecule has 0 radical (unpaired) electrons. The number of thiazole rings is 1. The quantitative estimate of drug-likeness (QED) is 0.0408. The predicted molar refractivity (Wildman–Crippen MR) is 306 cm³/mol. The molecule has 5 N–H and O–H groups in total. The topological polar surface area (TPSA) is 244 Å². The molecular weight excluding hydrogens is 1070 g/mol. The van der Waals surface area contributed by atoms with E-state index in [-0.39, 0.29) is 85.0 Å². The number of sulfone groups is 1. The molecule has 0 aliphatic carbocycles. The molecule has 2 aliphatic heterocycles. The molecule has 7 rings (SSSR count). The van der Waals surface area contributed by atoms with E-state index in [1.165, 1.54) is 11.1 Å². The summed E-state index contributed by atoms with van der Waals surface area (Å²) >= 11 is 8.08. The zero-order chi connectivity index (χ0) is 57.3. The Balaban J connectivity index is 0.858. The third kappa shape index (κ3) is 15.4.